The maximum Gasteiger partial charge on any atom is 0.341 e. The summed E-state index contributed by atoms with van der Waals surface area (Å²) < 4.78 is 23.9. The van der Waals surface area contributed by atoms with Crippen molar-refractivity contribution in [3.8, 4) is 0 Å². The highest BCUT2D eigenvalue weighted by atomic mass is 32.1. The van der Waals surface area contributed by atoms with E-state index in [4.69, 9.17) is 29.4 Å². The molecule has 1 aromatic carbocycles. The first-order valence-corrected chi connectivity index (χ1v) is 9.43. The quantitative estimate of drug-likeness (QED) is 0.502. The van der Waals surface area contributed by atoms with E-state index >= 15 is 0 Å². The lowest BCUT2D eigenvalue weighted by Crippen LogP contribution is -2.23. The first kappa shape index (κ1) is 23.6. The number of benzene rings is 1. The third kappa shape index (κ3) is 3.89. The molecule has 166 valence electrons. The lowest BCUT2D eigenvalue weighted by molar-refractivity contribution is 0.0520. The minimum absolute atomic E-state index is 0.0167. The number of esters is 5. The standard InChI is InChI=1S/C19H19NO10S/c1-6-30-19(25)12-7-8(15(21)26-2)9(16(22)27-3)10(17(23)28-4)11(18(24)29-5)13(7)31-14(12)20/h6,20H2,1-5H3. The number of methoxy groups -OCH3 is 4. The number of rotatable bonds is 6. The van der Waals surface area contributed by atoms with E-state index in [0.717, 1.165) is 39.8 Å². The molecule has 2 N–H and O–H groups in total. The molecule has 0 unspecified atom stereocenters. The minimum atomic E-state index is -1.16. The summed E-state index contributed by atoms with van der Waals surface area (Å²) in [5.74, 6) is -5.32. The van der Waals surface area contributed by atoms with Crippen LogP contribution < -0.4 is 5.73 Å². The van der Waals surface area contributed by atoms with Crippen LogP contribution in [0.15, 0.2) is 0 Å². The molecule has 0 aliphatic carbocycles. The van der Waals surface area contributed by atoms with Gasteiger partial charge in [0, 0.05) is 5.39 Å². The molecule has 1 heterocycles. The Hall–Kier alpha value is -3.67. The maximum absolute atomic E-state index is 12.7. The van der Waals surface area contributed by atoms with Crippen LogP contribution >= 0.6 is 11.3 Å². The highest BCUT2D eigenvalue weighted by Crippen LogP contribution is 2.43. The lowest BCUT2D eigenvalue weighted by Gasteiger charge is -2.16. The van der Waals surface area contributed by atoms with Crippen molar-refractivity contribution in [2.75, 3.05) is 40.8 Å². The molecule has 0 atom stereocenters. The van der Waals surface area contributed by atoms with Gasteiger partial charge in [-0.15, -0.1) is 11.3 Å². The highest BCUT2D eigenvalue weighted by molar-refractivity contribution is 7.23. The molecule has 0 spiro atoms. The fourth-order valence-corrected chi connectivity index (χ4v) is 4.07. The van der Waals surface area contributed by atoms with E-state index in [1.165, 1.54) is 0 Å². The van der Waals surface area contributed by atoms with Crippen molar-refractivity contribution < 1.29 is 47.7 Å². The lowest BCUT2D eigenvalue weighted by atomic mass is 9.90. The van der Waals surface area contributed by atoms with Crippen LogP contribution in [0.3, 0.4) is 0 Å². The molecule has 0 aliphatic heterocycles. The van der Waals surface area contributed by atoms with E-state index in [2.05, 4.69) is 0 Å². The number of nitrogens with two attached hydrogens (primary N) is 1. The average molecular weight is 453 g/mol. The number of fused-ring (bicyclic) bond motifs is 1. The van der Waals surface area contributed by atoms with Gasteiger partial charge < -0.3 is 29.4 Å². The summed E-state index contributed by atoms with van der Waals surface area (Å²) in [4.78, 5) is 63.3. The molecule has 2 rings (SSSR count). The summed E-state index contributed by atoms with van der Waals surface area (Å²) in [5, 5.41) is -0.331. The van der Waals surface area contributed by atoms with Gasteiger partial charge in [0.25, 0.3) is 0 Å². The van der Waals surface area contributed by atoms with Gasteiger partial charge in [-0.25, -0.2) is 24.0 Å². The van der Waals surface area contributed by atoms with Crippen molar-refractivity contribution in [2.24, 2.45) is 0 Å². The predicted molar refractivity (Wildman–Crippen MR) is 108 cm³/mol. The summed E-state index contributed by atoms with van der Waals surface area (Å²) in [5.41, 5.74) is 3.57. The number of hydrogen-bond acceptors (Lipinski definition) is 12. The molecule has 0 saturated heterocycles. The second kappa shape index (κ2) is 9.43. The van der Waals surface area contributed by atoms with E-state index in [1.807, 2.05) is 0 Å². The number of anilines is 1. The van der Waals surface area contributed by atoms with E-state index in [9.17, 15) is 24.0 Å². The number of nitrogen functional groups attached to an aromatic ring is 1. The zero-order valence-corrected chi connectivity index (χ0v) is 18.1. The molecule has 2 aromatic rings. The average Bonchev–Trinajstić information content (AvgIpc) is 3.11. The molecular formula is C19H19NO10S. The second-order valence-electron chi connectivity index (χ2n) is 5.73. The molecular weight excluding hydrogens is 434 g/mol. The summed E-state index contributed by atoms with van der Waals surface area (Å²) in [7, 11) is 4.09. The topological polar surface area (TPSA) is 158 Å². The third-order valence-electron chi connectivity index (χ3n) is 4.20. The molecule has 1 aromatic heterocycles. The molecule has 0 bridgehead atoms. The van der Waals surface area contributed by atoms with Crippen molar-refractivity contribution in [2.45, 2.75) is 6.92 Å². The van der Waals surface area contributed by atoms with Gasteiger partial charge in [-0.3, -0.25) is 0 Å². The molecule has 0 fully saturated rings. The maximum atomic E-state index is 12.7. The first-order chi connectivity index (χ1) is 14.7. The van der Waals surface area contributed by atoms with Crippen molar-refractivity contribution in [1.82, 2.24) is 0 Å². The zero-order chi connectivity index (χ0) is 23.5. The summed E-state index contributed by atoms with van der Waals surface area (Å²) in [6, 6.07) is 0. The first-order valence-electron chi connectivity index (χ1n) is 8.62. The number of hydrogen-bond donors (Lipinski definition) is 1. The Morgan fingerprint density at radius 2 is 1.10 bits per heavy atom. The number of carbonyl (C=O) groups excluding carboxylic acids is 5. The summed E-state index contributed by atoms with van der Waals surface area (Å²) in [6.07, 6.45) is 0. The van der Waals surface area contributed by atoms with Gasteiger partial charge in [-0.2, -0.15) is 0 Å². The molecule has 11 nitrogen and oxygen atoms in total. The van der Waals surface area contributed by atoms with Crippen LogP contribution in [0.5, 0.6) is 0 Å². The van der Waals surface area contributed by atoms with Crippen LogP contribution in [-0.2, 0) is 23.7 Å². The predicted octanol–water partition coefficient (Wildman–Crippen LogP) is 1.81. The van der Waals surface area contributed by atoms with Gasteiger partial charge in [0.05, 0.1) is 62.0 Å². The number of carbonyl (C=O) groups is 5. The van der Waals surface area contributed by atoms with Gasteiger partial charge in [0.15, 0.2) is 0 Å². The number of ether oxygens (including phenoxy) is 5. The largest absolute Gasteiger partial charge is 0.465 e. The molecule has 0 radical (unpaired) electrons. The van der Waals surface area contributed by atoms with Gasteiger partial charge in [-0.05, 0) is 6.92 Å². The fourth-order valence-electron chi connectivity index (χ4n) is 2.97. The monoisotopic (exact) mass is 453 g/mol. The van der Waals surface area contributed by atoms with Gasteiger partial charge in [0.1, 0.15) is 10.6 Å². The van der Waals surface area contributed by atoms with Crippen molar-refractivity contribution in [3.05, 3.63) is 27.8 Å². The summed E-state index contributed by atoms with van der Waals surface area (Å²) >= 11 is 0.724. The summed E-state index contributed by atoms with van der Waals surface area (Å²) in [6.45, 7) is 1.54. The molecule has 12 heteroatoms. The van der Waals surface area contributed by atoms with Crippen LogP contribution in [-0.4, -0.2) is 64.9 Å². The smallest absolute Gasteiger partial charge is 0.341 e. The van der Waals surface area contributed by atoms with Crippen LogP contribution in [0.4, 0.5) is 5.00 Å². The van der Waals surface area contributed by atoms with Gasteiger partial charge >= 0.3 is 29.8 Å². The Morgan fingerprint density at radius 1 is 0.677 bits per heavy atom. The Balaban J connectivity index is 3.32. The number of thiophene rings is 1. The SMILES string of the molecule is CCOC(=O)c1c(N)sc2c(C(=O)OC)c(C(=O)OC)c(C(=O)OC)c(C(=O)OC)c12. The Bertz CT molecular complexity index is 1100. The van der Waals surface area contributed by atoms with Crippen LogP contribution in [0.1, 0.15) is 58.7 Å². The molecule has 0 aliphatic rings. The zero-order valence-electron chi connectivity index (χ0n) is 17.3. The Morgan fingerprint density at radius 3 is 1.55 bits per heavy atom. The van der Waals surface area contributed by atoms with Crippen LogP contribution in [0.25, 0.3) is 10.1 Å². The van der Waals surface area contributed by atoms with Gasteiger partial charge in [0.2, 0.25) is 0 Å². The Labute approximate surface area is 179 Å². The van der Waals surface area contributed by atoms with Crippen molar-refractivity contribution >= 4 is 56.3 Å². The van der Waals surface area contributed by atoms with E-state index in [1.54, 1.807) is 6.92 Å². The highest BCUT2D eigenvalue weighted by Gasteiger charge is 2.39. The molecule has 31 heavy (non-hydrogen) atoms. The fraction of sp³-hybridized carbons (Fsp3) is 0.316. The third-order valence-corrected chi connectivity index (χ3v) is 5.24. The van der Waals surface area contributed by atoms with Crippen molar-refractivity contribution in [3.63, 3.8) is 0 Å². The van der Waals surface area contributed by atoms with E-state index in [-0.39, 0.29) is 27.3 Å². The van der Waals surface area contributed by atoms with Crippen molar-refractivity contribution in [1.29, 1.82) is 0 Å². The Kier molecular flexibility index (Phi) is 7.18. The normalized spacial score (nSPS) is 10.4. The van der Waals surface area contributed by atoms with E-state index < -0.39 is 52.1 Å². The molecule has 0 saturated carbocycles. The van der Waals surface area contributed by atoms with Crippen LogP contribution in [0.2, 0.25) is 0 Å². The second-order valence-corrected chi connectivity index (χ2v) is 6.78. The molecule has 0 amide bonds. The van der Waals surface area contributed by atoms with E-state index in [0.29, 0.717) is 0 Å². The van der Waals surface area contributed by atoms with Gasteiger partial charge in [-0.1, -0.05) is 0 Å². The van der Waals surface area contributed by atoms with Crippen LogP contribution in [0, 0.1) is 0 Å². The minimum Gasteiger partial charge on any atom is -0.465 e.